The number of pyridine rings is 1. The lowest BCUT2D eigenvalue weighted by Crippen LogP contribution is -2.34. The second-order valence-corrected chi connectivity index (χ2v) is 7.73. The Bertz CT molecular complexity index is 851. The lowest BCUT2D eigenvalue weighted by atomic mass is 10.0. The van der Waals surface area contributed by atoms with Crippen LogP contribution in [0, 0.1) is 0 Å². The van der Waals surface area contributed by atoms with Gasteiger partial charge in [-0.2, -0.15) is 0 Å². The van der Waals surface area contributed by atoms with Gasteiger partial charge in [-0.25, -0.2) is 8.42 Å². The summed E-state index contributed by atoms with van der Waals surface area (Å²) in [5, 5.41) is 2.86. The normalized spacial score (nSPS) is 14.1. The Hall–Kier alpha value is -2.41. The van der Waals surface area contributed by atoms with Gasteiger partial charge in [-0.05, 0) is 54.3 Å². The second-order valence-electron chi connectivity index (χ2n) is 5.82. The molecule has 0 aliphatic carbocycles. The number of anilines is 1. The predicted molar refractivity (Wildman–Crippen MR) is 92.4 cm³/mol. The van der Waals surface area contributed by atoms with Crippen LogP contribution in [0.1, 0.15) is 27.9 Å². The maximum absolute atomic E-state index is 12.3. The zero-order valence-corrected chi connectivity index (χ0v) is 14.2. The van der Waals surface area contributed by atoms with E-state index < -0.39 is 10.0 Å². The number of sulfonamides is 1. The third kappa shape index (κ3) is 3.56. The summed E-state index contributed by atoms with van der Waals surface area (Å²) in [6.45, 7) is 0.910. The van der Waals surface area contributed by atoms with Crippen molar-refractivity contribution in [1.29, 1.82) is 0 Å². The fourth-order valence-electron chi connectivity index (χ4n) is 2.83. The zero-order chi connectivity index (χ0) is 17.2. The minimum atomic E-state index is -3.29. The quantitative estimate of drug-likeness (QED) is 0.915. The summed E-state index contributed by atoms with van der Waals surface area (Å²) in [7, 11) is -3.29. The van der Waals surface area contributed by atoms with Crippen LogP contribution in [0.4, 0.5) is 5.69 Å². The molecule has 0 unspecified atom stereocenters. The summed E-state index contributed by atoms with van der Waals surface area (Å²) < 4.78 is 25.1. The number of benzene rings is 1. The van der Waals surface area contributed by atoms with Crippen LogP contribution >= 0.6 is 0 Å². The number of aryl methyl sites for hydroxylation is 1. The highest BCUT2D eigenvalue weighted by Gasteiger charge is 2.24. The van der Waals surface area contributed by atoms with Crippen molar-refractivity contribution in [3.05, 3.63) is 59.4 Å². The third-order valence-corrected chi connectivity index (χ3v) is 5.20. The number of rotatable bonds is 4. The average Bonchev–Trinajstić information content (AvgIpc) is 2.58. The highest BCUT2D eigenvalue weighted by Crippen LogP contribution is 2.29. The molecule has 1 aliphatic heterocycles. The number of carbonyl (C=O) groups excluding carboxylic acids is 1. The van der Waals surface area contributed by atoms with Crippen LogP contribution in [0.2, 0.25) is 0 Å². The van der Waals surface area contributed by atoms with E-state index in [1.54, 1.807) is 30.6 Å². The molecule has 2 heterocycles. The summed E-state index contributed by atoms with van der Waals surface area (Å²) in [5.74, 6) is -0.175. The van der Waals surface area contributed by atoms with Crippen LogP contribution in [-0.2, 0) is 23.0 Å². The smallest absolute Gasteiger partial charge is 0.251 e. The lowest BCUT2D eigenvalue weighted by molar-refractivity contribution is 0.0951. The van der Waals surface area contributed by atoms with E-state index in [9.17, 15) is 13.2 Å². The SMILES string of the molecule is CS(=O)(=O)N1CCCc2cc(C(=O)NCc3ccncc3)ccc21. The van der Waals surface area contributed by atoms with Crippen molar-refractivity contribution in [2.75, 3.05) is 17.1 Å². The molecule has 1 aromatic heterocycles. The molecule has 1 N–H and O–H groups in total. The maximum Gasteiger partial charge on any atom is 0.251 e. The van der Waals surface area contributed by atoms with Crippen LogP contribution in [0.15, 0.2) is 42.7 Å². The van der Waals surface area contributed by atoms with Crippen molar-refractivity contribution in [1.82, 2.24) is 10.3 Å². The Morgan fingerprint density at radius 3 is 2.71 bits per heavy atom. The van der Waals surface area contributed by atoms with Crippen molar-refractivity contribution in [2.24, 2.45) is 0 Å². The standard InChI is InChI=1S/C17H19N3O3S/c1-24(22,23)20-10-2-3-14-11-15(4-5-16(14)20)17(21)19-12-13-6-8-18-9-7-13/h4-9,11H,2-3,10,12H2,1H3,(H,19,21). The topological polar surface area (TPSA) is 79.4 Å². The van der Waals surface area contributed by atoms with Gasteiger partial charge in [0.05, 0.1) is 11.9 Å². The van der Waals surface area contributed by atoms with E-state index >= 15 is 0 Å². The molecular formula is C17H19N3O3S. The van der Waals surface area contributed by atoms with E-state index in [1.807, 2.05) is 12.1 Å². The van der Waals surface area contributed by atoms with Crippen LogP contribution in [0.3, 0.4) is 0 Å². The summed E-state index contributed by atoms with van der Waals surface area (Å²) in [5.41, 5.74) is 3.08. The van der Waals surface area contributed by atoms with Crippen molar-refractivity contribution < 1.29 is 13.2 Å². The fraction of sp³-hybridized carbons (Fsp3) is 0.294. The largest absolute Gasteiger partial charge is 0.348 e. The molecule has 0 spiro atoms. The van der Waals surface area contributed by atoms with Gasteiger partial charge < -0.3 is 5.32 Å². The Kier molecular flexibility index (Phi) is 4.53. The number of hydrogen-bond acceptors (Lipinski definition) is 4. The van der Waals surface area contributed by atoms with Crippen LogP contribution in [0.25, 0.3) is 0 Å². The molecule has 3 rings (SSSR count). The molecule has 2 aromatic rings. The molecule has 0 saturated heterocycles. The first-order valence-electron chi connectivity index (χ1n) is 7.73. The van der Waals surface area contributed by atoms with Gasteiger partial charge in [0.2, 0.25) is 10.0 Å². The molecule has 0 bridgehead atoms. The molecule has 0 radical (unpaired) electrons. The van der Waals surface area contributed by atoms with Gasteiger partial charge in [0.1, 0.15) is 0 Å². The van der Waals surface area contributed by atoms with Gasteiger partial charge in [0.25, 0.3) is 5.91 Å². The van der Waals surface area contributed by atoms with Crippen molar-refractivity contribution in [2.45, 2.75) is 19.4 Å². The van der Waals surface area contributed by atoms with Gasteiger partial charge in [-0.1, -0.05) is 0 Å². The van der Waals surface area contributed by atoms with Crippen LogP contribution in [-0.4, -0.2) is 32.1 Å². The summed E-state index contributed by atoms with van der Waals surface area (Å²) in [6.07, 6.45) is 6.09. The number of aromatic nitrogens is 1. The molecule has 0 saturated carbocycles. The van der Waals surface area contributed by atoms with E-state index in [-0.39, 0.29) is 5.91 Å². The van der Waals surface area contributed by atoms with Gasteiger partial charge in [-0.3, -0.25) is 14.1 Å². The second kappa shape index (κ2) is 6.60. The number of nitrogens with one attached hydrogen (secondary N) is 1. The molecule has 0 atom stereocenters. The van der Waals surface area contributed by atoms with Crippen molar-refractivity contribution in [3.8, 4) is 0 Å². The van der Waals surface area contributed by atoms with E-state index in [0.29, 0.717) is 24.3 Å². The molecule has 6 nitrogen and oxygen atoms in total. The number of nitrogens with zero attached hydrogens (tertiary/aromatic N) is 2. The minimum absolute atomic E-state index is 0.175. The number of carbonyl (C=O) groups is 1. The summed E-state index contributed by atoms with van der Waals surface area (Å²) in [4.78, 5) is 16.3. The van der Waals surface area contributed by atoms with Gasteiger partial charge in [0.15, 0.2) is 0 Å². The summed E-state index contributed by atoms with van der Waals surface area (Å²) in [6, 6.07) is 8.86. The number of amides is 1. The Labute approximate surface area is 141 Å². The molecule has 1 aromatic carbocycles. The maximum atomic E-state index is 12.3. The molecule has 126 valence electrons. The van der Waals surface area contributed by atoms with Gasteiger partial charge in [0, 0.05) is 31.0 Å². The van der Waals surface area contributed by atoms with E-state index in [1.165, 1.54) is 10.6 Å². The van der Waals surface area contributed by atoms with Crippen LogP contribution < -0.4 is 9.62 Å². The third-order valence-electron chi connectivity index (χ3n) is 4.02. The molecule has 0 fully saturated rings. The first kappa shape index (κ1) is 16.4. The molecule has 7 heteroatoms. The average molecular weight is 345 g/mol. The first-order valence-corrected chi connectivity index (χ1v) is 9.58. The Morgan fingerprint density at radius 2 is 2.00 bits per heavy atom. The molecule has 1 amide bonds. The van der Waals surface area contributed by atoms with E-state index in [2.05, 4.69) is 10.3 Å². The van der Waals surface area contributed by atoms with Gasteiger partial charge >= 0.3 is 0 Å². The minimum Gasteiger partial charge on any atom is -0.348 e. The van der Waals surface area contributed by atoms with Crippen molar-refractivity contribution in [3.63, 3.8) is 0 Å². The van der Waals surface area contributed by atoms with Crippen molar-refractivity contribution >= 4 is 21.6 Å². The number of hydrogen-bond donors (Lipinski definition) is 1. The van der Waals surface area contributed by atoms with Gasteiger partial charge in [-0.15, -0.1) is 0 Å². The molecular weight excluding hydrogens is 326 g/mol. The Morgan fingerprint density at radius 1 is 1.25 bits per heavy atom. The Balaban J connectivity index is 1.77. The first-order chi connectivity index (χ1) is 11.4. The van der Waals surface area contributed by atoms with Crippen LogP contribution in [0.5, 0.6) is 0 Å². The fourth-order valence-corrected chi connectivity index (χ4v) is 3.83. The highest BCUT2D eigenvalue weighted by atomic mass is 32.2. The highest BCUT2D eigenvalue weighted by molar-refractivity contribution is 7.92. The summed E-state index contributed by atoms with van der Waals surface area (Å²) >= 11 is 0. The van der Waals surface area contributed by atoms with E-state index in [0.717, 1.165) is 24.0 Å². The monoisotopic (exact) mass is 345 g/mol. The lowest BCUT2D eigenvalue weighted by Gasteiger charge is -2.29. The number of fused-ring (bicyclic) bond motifs is 1. The zero-order valence-electron chi connectivity index (χ0n) is 13.4. The molecule has 24 heavy (non-hydrogen) atoms. The molecule has 1 aliphatic rings. The van der Waals surface area contributed by atoms with E-state index in [4.69, 9.17) is 0 Å². The predicted octanol–water partition coefficient (Wildman–Crippen LogP) is 1.72.